The molecule has 2 N–H and O–H groups in total. The van der Waals surface area contributed by atoms with Crippen LogP contribution in [-0.4, -0.2) is 52.9 Å². The second-order valence-corrected chi connectivity index (χ2v) is 6.74. The third-order valence-electron chi connectivity index (χ3n) is 4.95. The number of piperazine rings is 1. The molecule has 144 valence electrons. The van der Waals surface area contributed by atoms with E-state index in [1.54, 1.807) is 14.2 Å². The van der Waals surface area contributed by atoms with Gasteiger partial charge >= 0.3 is 0 Å². The largest absolute Gasteiger partial charge is 0.497 e. The van der Waals surface area contributed by atoms with Crippen molar-refractivity contribution < 1.29 is 19.2 Å². The minimum Gasteiger partial charge on any atom is -0.497 e. The topological polar surface area (TPSA) is 55.2 Å². The van der Waals surface area contributed by atoms with Crippen LogP contribution in [0.15, 0.2) is 48.5 Å². The first kappa shape index (κ1) is 19.0. The molecule has 6 heteroatoms. The molecule has 0 saturated carbocycles. The Hall–Kier alpha value is -2.73. The first-order valence-electron chi connectivity index (χ1n) is 9.30. The number of nitrogens with zero attached hydrogens (tertiary/aromatic N) is 1. The molecule has 1 aliphatic heterocycles. The van der Waals surface area contributed by atoms with Crippen LogP contribution in [0.5, 0.6) is 11.5 Å². The van der Waals surface area contributed by atoms with Crippen molar-refractivity contribution in [2.75, 3.05) is 51.8 Å². The highest BCUT2D eigenvalue weighted by molar-refractivity contribution is 5.76. The lowest BCUT2D eigenvalue weighted by atomic mass is 10.2. The van der Waals surface area contributed by atoms with E-state index in [1.807, 2.05) is 36.4 Å². The lowest BCUT2D eigenvalue weighted by Gasteiger charge is -2.33. The number of carbonyl (C=O) groups is 1. The minimum atomic E-state index is 0.0932. The summed E-state index contributed by atoms with van der Waals surface area (Å²) in [5.41, 5.74) is 2.25. The van der Waals surface area contributed by atoms with E-state index in [1.165, 1.54) is 10.6 Å². The van der Waals surface area contributed by atoms with Gasteiger partial charge in [0, 0.05) is 18.3 Å². The highest BCUT2D eigenvalue weighted by atomic mass is 16.5. The molecule has 0 aliphatic carbocycles. The summed E-state index contributed by atoms with van der Waals surface area (Å²) in [6.45, 7) is 4.84. The molecule has 1 saturated heterocycles. The van der Waals surface area contributed by atoms with Crippen LogP contribution in [0.1, 0.15) is 5.56 Å². The summed E-state index contributed by atoms with van der Waals surface area (Å²) in [5, 5.41) is 3.01. The molecule has 1 fully saturated rings. The van der Waals surface area contributed by atoms with Gasteiger partial charge in [-0.3, -0.25) is 4.79 Å². The van der Waals surface area contributed by atoms with Crippen molar-refractivity contribution in [2.45, 2.75) is 6.54 Å². The predicted molar refractivity (Wildman–Crippen MR) is 106 cm³/mol. The Labute approximate surface area is 160 Å². The lowest BCUT2D eigenvalue weighted by Crippen LogP contribution is -3.15. The van der Waals surface area contributed by atoms with E-state index in [0.29, 0.717) is 13.1 Å². The molecule has 1 heterocycles. The summed E-state index contributed by atoms with van der Waals surface area (Å²) in [6, 6.07) is 15.9. The van der Waals surface area contributed by atoms with Gasteiger partial charge in [-0.1, -0.05) is 18.2 Å². The van der Waals surface area contributed by atoms with E-state index in [9.17, 15) is 4.79 Å². The average Bonchev–Trinajstić information content (AvgIpc) is 2.73. The van der Waals surface area contributed by atoms with Crippen LogP contribution in [0.4, 0.5) is 5.69 Å². The van der Waals surface area contributed by atoms with Crippen molar-refractivity contribution in [1.29, 1.82) is 0 Å². The zero-order valence-corrected chi connectivity index (χ0v) is 16.0. The summed E-state index contributed by atoms with van der Waals surface area (Å²) in [5.74, 6) is 1.79. The van der Waals surface area contributed by atoms with Crippen LogP contribution >= 0.6 is 0 Å². The third kappa shape index (κ3) is 5.37. The predicted octanol–water partition coefficient (Wildman–Crippen LogP) is 0.725. The van der Waals surface area contributed by atoms with E-state index in [0.717, 1.165) is 43.2 Å². The number of hydrogen-bond acceptors (Lipinski definition) is 4. The maximum Gasteiger partial charge on any atom is 0.275 e. The first-order valence-corrected chi connectivity index (χ1v) is 9.30. The highest BCUT2D eigenvalue weighted by Gasteiger charge is 2.22. The normalized spacial score (nSPS) is 14.7. The molecule has 1 aliphatic rings. The van der Waals surface area contributed by atoms with Crippen molar-refractivity contribution in [3.63, 3.8) is 0 Å². The van der Waals surface area contributed by atoms with E-state index in [4.69, 9.17) is 9.47 Å². The molecule has 6 nitrogen and oxygen atoms in total. The number of carbonyl (C=O) groups excluding carboxylic acids is 1. The SMILES string of the molecule is COc1ccc(CNC(=O)C[NH+]2CCN(c3cccc(OC)c3)CC2)cc1. The second kappa shape index (κ2) is 9.28. The number of nitrogens with one attached hydrogen (secondary N) is 2. The fourth-order valence-corrected chi connectivity index (χ4v) is 3.30. The maximum atomic E-state index is 12.3. The minimum absolute atomic E-state index is 0.0932. The molecule has 3 rings (SSSR count). The Morgan fingerprint density at radius 3 is 2.41 bits per heavy atom. The van der Waals surface area contributed by atoms with Crippen LogP contribution in [0.25, 0.3) is 0 Å². The quantitative estimate of drug-likeness (QED) is 0.754. The number of rotatable bonds is 7. The van der Waals surface area contributed by atoms with E-state index in [2.05, 4.69) is 22.3 Å². The fraction of sp³-hybridized carbons (Fsp3) is 0.381. The van der Waals surface area contributed by atoms with Gasteiger partial charge in [0.25, 0.3) is 5.91 Å². The summed E-state index contributed by atoms with van der Waals surface area (Å²) in [6.07, 6.45) is 0. The number of ether oxygens (including phenoxy) is 2. The maximum absolute atomic E-state index is 12.3. The van der Waals surface area contributed by atoms with Gasteiger partial charge < -0.3 is 24.6 Å². The molecule has 27 heavy (non-hydrogen) atoms. The smallest absolute Gasteiger partial charge is 0.275 e. The number of benzene rings is 2. The van der Waals surface area contributed by atoms with Crippen molar-refractivity contribution >= 4 is 11.6 Å². The standard InChI is InChI=1S/C21H27N3O3/c1-26-19-8-6-17(7-9-19)15-22-21(25)16-23-10-12-24(13-11-23)18-4-3-5-20(14-18)27-2/h3-9,14H,10-13,15-16H2,1-2H3,(H,22,25)/p+1. The van der Waals surface area contributed by atoms with Gasteiger partial charge in [0.05, 0.1) is 40.4 Å². The second-order valence-electron chi connectivity index (χ2n) is 6.74. The number of anilines is 1. The average molecular weight is 370 g/mol. The molecule has 2 aromatic rings. The summed E-state index contributed by atoms with van der Waals surface area (Å²) in [7, 11) is 3.33. The van der Waals surface area contributed by atoms with E-state index >= 15 is 0 Å². The molecule has 0 bridgehead atoms. The van der Waals surface area contributed by atoms with Crippen LogP contribution in [0.3, 0.4) is 0 Å². The van der Waals surface area contributed by atoms with Gasteiger partial charge in [-0.15, -0.1) is 0 Å². The zero-order chi connectivity index (χ0) is 19.1. The molecule has 0 unspecified atom stereocenters. The van der Waals surface area contributed by atoms with Gasteiger partial charge in [-0.2, -0.15) is 0 Å². The molecular formula is C21H28N3O3+. The number of hydrogen-bond donors (Lipinski definition) is 2. The van der Waals surface area contributed by atoms with Gasteiger partial charge in [0.15, 0.2) is 6.54 Å². The molecule has 1 amide bonds. The van der Waals surface area contributed by atoms with Crippen molar-refractivity contribution in [3.8, 4) is 11.5 Å². The summed E-state index contributed by atoms with van der Waals surface area (Å²) in [4.78, 5) is 15.9. The third-order valence-corrected chi connectivity index (χ3v) is 4.95. The summed E-state index contributed by atoms with van der Waals surface area (Å²) >= 11 is 0. The monoisotopic (exact) mass is 370 g/mol. The van der Waals surface area contributed by atoms with Crippen molar-refractivity contribution in [2.24, 2.45) is 0 Å². The molecular weight excluding hydrogens is 342 g/mol. The van der Waals surface area contributed by atoms with Crippen molar-refractivity contribution in [3.05, 3.63) is 54.1 Å². The molecule has 2 aromatic carbocycles. The highest BCUT2D eigenvalue weighted by Crippen LogP contribution is 2.20. The van der Waals surface area contributed by atoms with E-state index < -0.39 is 0 Å². The van der Waals surface area contributed by atoms with Gasteiger partial charge in [0.1, 0.15) is 11.5 Å². The number of quaternary nitrogens is 1. The Kier molecular flexibility index (Phi) is 6.54. The Morgan fingerprint density at radius 2 is 1.74 bits per heavy atom. The number of methoxy groups -OCH3 is 2. The van der Waals surface area contributed by atoms with Crippen LogP contribution in [0, 0.1) is 0 Å². The van der Waals surface area contributed by atoms with Crippen LogP contribution < -0.4 is 24.6 Å². The van der Waals surface area contributed by atoms with Crippen LogP contribution in [-0.2, 0) is 11.3 Å². The molecule has 0 atom stereocenters. The fourth-order valence-electron chi connectivity index (χ4n) is 3.30. The van der Waals surface area contributed by atoms with Gasteiger partial charge in [-0.05, 0) is 29.8 Å². The zero-order valence-electron chi connectivity index (χ0n) is 16.0. The lowest BCUT2D eigenvalue weighted by molar-refractivity contribution is -0.892. The molecule has 0 radical (unpaired) electrons. The Balaban J connectivity index is 1.42. The molecule has 0 spiro atoms. The molecule has 0 aromatic heterocycles. The van der Waals surface area contributed by atoms with Gasteiger partial charge in [0.2, 0.25) is 0 Å². The Morgan fingerprint density at radius 1 is 1.04 bits per heavy atom. The van der Waals surface area contributed by atoms with E-state index in [-0.39, 0.29) is 5.91 Å². The number of amides is 1. The first-order chi connectivity index (χ1) is 13.2. The van der Waals surface area contributed by atoms with Crippen LogP contribution in [0.2, 0.25) is 0 Å². The van der Waals surface area contributed by atoms with Gasteiger partial charge in [-0.25, -0.2) is 0 Å². The van der Waals surface area contributed by atoms with Crippen molar-refractivity contribution in [1.82, 2.24) is 5.32 Å². The Bertz CT molecular complexity index is 741. The summed E-state index contributed by atoms with van der Waals surface area (Å²) < 4.78 is 10.5.